The SMILES string of the molecule is N[C@@H]1CCC[C@H]1CC(=O)Nc1ccc(N2CCCCC2)cn1. The Balaban J connectivity index is 1.53. The molecule has 1 aliphatic carbocycles. The van der Waals surface area contributed by atoms with Crippen molar-refractivity contribution in [1.29, 1.82) is 0 Å². The topological polar surface area (TPSA) is 71.2 Å². The number of hydrogen-bond donors (Lipinski definition) is 2. The second kappa shape index (κ2) is 7.09. The average molecular weight is 302 g/mol. The molecule has 1 aromatic heterocycles. The van der Waals surface area contributed by atoms with Gasteiger partial charge >= 0.3 is 0 Å². The predicted octanol–water partition coefficient (Wildman–Crippen LogP) is 2.53. The number of piperidine rings is 1. The molecule has 1 amide bonds. The second-order valence-corrected chi connectivity index (χ2v) is 6.56. The fraction of sp³-hybridized carbons (Fsp3) is 0.647. The Hall–Kier alpha value is -1.62. The smallest absolute Gasteiger partial charge is 0.225 e. The molecule has 1 saturated carbocycles. The zero-order valence-electron chi connectivity index (χ0n) is 13.1. The molecule has 2 heterocycles. The maximum Gasteiger partial charge on any atom is 0.225 e. The molecule has 1 aliphatic heterocycles. The monoisotopic (exact) mass is 302 g/mol. The largest absolute Gasteiger partial charge is 0.370 e. The van der Waals surface area contributed by atoms with Crippen molar-refractivity contribution in [3.8, 4) is 0 Å². The Morgan fingerprint density at radius 3 is 2.68 bits per heavy atom. The first-order valence-electron chi connectivity index (χ1n) is 8.49. The van der Waals surface area contributed by atoms with E-state index in [1.807, 2.05) is 12.3 Å². The molecule has 0 aromatic carbocycles. The third-order valence-corrected chi connectivity index (χ3v) is 4.90. The molecule has 120 valence electrons. The van der Waals surface area contributed by atoms with Gasteiger partial charge in [-0.15, -0.1) is 0 Å². The van der Waals surface area contributed by atoms with Gasteiger partial charge in [-0.05, 0) is 50.2 Å². The fourth-order valence-corrected chi connectivity index (χ4v) is 3.55. The molecule has 2 fully saturated rings. The lowest BCUT2D eigenvalue weighted by molar-refractivity contribution is -0.117. The van der Waals surface area contributed by atoms with E-state index in [1.54, 1.807) is 0 Å². The zero-order valence-corrected chi connectivity index (χ0v) is 13.1. The summed E-state index contributed by atoms with van der Waals surface area (Å²) in [6, 6.07) is 4.13. The number of amides is 1. The summed E-state index contributed by atoms with van der Waals surface area (Å²) in [4.78, 5) is 18.8. The van der Waals surface area contributed by atoms with Crippen molar-refractivity contribution in [3.05, 3.63) is 18.3 Å². The van der Waals surface area contributed by atoms with Crippen LogP contribution in [0, 0.1) is 5.92 Å². The number of pyridine rings is 1. The molecule has 1 saturated heterocycles. The standard InChI is InChI=1S/C17H26N4O/c18-15-6-4-5-13(15)11-17(22)20-16-8-7-14(12-19-16)21-9-2-1-3-10-21/h7-8,12-13,15H,1-6,9-11,18H2,(H,19,20,22)/t13-,15+/m0/s1. The van der Waals surface area contributed by atoms with Gasteiger partial charge in [0.1, 0.15) is 5.82 Å². The maximum atomic E-state index is 12.1. The van der Waals surface area contributed by atoms with Crippen LogP contribution in [0.5, 0.6) is 0 Å². The first kappa shape index (κ1) is 15.3. The predicted molar refractivity (Wildman–Crippen MR) is 88.9 cm³/mol. The van der Waals surface area contributed by atoms with Gasteiger partial charge < -0.3 is 16.0 Å². The van der Waals surface area contributed by atoms with Crippen LogP contribution in [0.3, 0.4) is 0 Å². The van der Waals surface area contributed by atoms with Crippen LogP contribution in [0.4, 0.5) is 11.5 Å². The number of anilines is 2. The van der Waals surface area contributed by atoms with Crippen LogP contribution >= 0.6 is 0 Å². The minimum absolute atomic E-state index is 0.0283. The van der Waals surface area contributed by atoms with Gasteiger partial charge in [-0.3, -0.25) is 4.79 Å². The van der Waals surface area contributed by atoms with Crippen LogP contribution in [0.1, 0.15) is 44.9 Å². The summed E-state index contributed by atoms with van der Waals surface area (Å²) >= 11 is 0. The molecule has 0 spiro atoms. The van der Waals surface area contributed by atoms with Gasteiger partial charge in [-0.25, -0.2) is 4.98 Å². The van der Waals surface area contributed by atoms with Gasteiger partial charge in [-0.1, -0.05) is 6.42 Å². The lowest BCUT2D eigenvalue weighted by Gasteiger charge is -2.28. The highest BCUT2D eigenvalue weighted by molar-refractivity contribution is 5.90. The molecule has 22 heavy (non-hydrogen) atoms. The van der Waals surface area contributed by atoms with Crippen LogP contribution in [0.25, 0.3) is 0 Å². The van der Waals surface area contributed by atoms with Gasteiger partial charge in [0.2, 0.25) is 5.91 Å². The van der Waals surface area contributed by atoms with E-state index in [4.69, 9.17) is 5.73 Å². The van der Waals surface area contributed by atoms with Crippen molar-refractivity contribution in [1.82, 2.24) is 4.98 Å². The summed E-state index contributed by atoms with van der Waals surface area (Å²) in [5.74, 6) is 0.991. The van der Waals surface area contributed by atoms with Crippen molar-refractivity contribution < 1.29 is 4.79 Å². The Kier molecular flexibility index (Phi) is 4.93. The number of nitrogens with two attached hydrogens (primary N) is 1. The van der Waals surface area contributed by atoms with Crippen LogP contribution in [-0.2, 0) is 4.79 Å². The molecule has 5 heteroatoms. The van der Waals surface area contributed by atoms with E-state index in [0.29, 0.717) is 18.2 Å². The number of carbonyl (C=O) groups excluding carboxylic acids is 1. The van der Waals surface area contributed by atoms with E-state index in [9.17, 15) is 4.79 Å². The summed E-state index contributed by atoms with van der Waals surface area (Å²) in [6.45, 7) is 2.21. The molecule has 1 aromatic rings. The minimum atomic E-state index is 0.0283. The van der Waals surface area contributed by atoms with E-state index >= 15 is 0 Å². The van der Waals surface area contributed by atoms with E-state index in [1.165, 1.54) is 19.3 Å². The molecule has 2 aliphatic rings. The Morgan fingerprint density at radius 2 is 2.05 bits per heavy atom. The number of nitrogens with one attached hydrogen (secondary N) is 1. The first-order valence-corrected chi connectivity index (χ1v) is 8.49. The third-order valence-electron chi connectivity index (χ3n) is 4.90. The Labute approximate surface area is 132 Å². The van der Waals surface area contributed by atoms with Gasteiger partial charge in [0.15, 0.2) is 0 Å². The summed E-state index contributed by atoms with van der Waals surface area (Å²) in [6.07, 6.45) is 9.44. The molecule has 5 nitrogen and oxygen atoms in total. The quantitative estimate of drug-likeness (QED) is 0.896. The normalized spacial score (nSPS) is 25.2. The fourth-order valence-electron chi connectivity index (χ4n) is 3.55. The highest BCUT2D eigenvalue weighted by Gasteiger charge is 2.26. The molecular formula is C17H26N4O. The van der Waals surface area contributed by atoms with E-state index in [0.717, 1.165) is 38.0 Å². The van der Waals surface area contributed by atoms with Crippen molar-refractivity contribution >= 4 is 17.4 Å². The molecule has 0 radical (unpaired) electrons. The van der Waals surface area contributed by atoms with Gasteiger partial charge in [0, 0.05) is 25.6 Å². The van der Waals surface area contributed by atoms with E-state index in [2.05, 4.69) is 21.3 Å². The van der Waals surface area contributed by atoms with Crippen LogP contribution < -0.4 is 16.0 Å². The van der Waals surface area contributed by atoms with Crippen molar-refractivity contribution in [2.75, 3.05) is 23.3 Å². The van der Waals surface area contributed by atoms with Crippen LogP contribution in [0.15, 0.2) is 18.3 Å². The molecule has 0 unspecified atom stereocenters. The van der Waals surface area contributed by atoms with Gasteiger partial charge in [0.25, 0.3) is 0 Å². The summed E-state index contributed by atoms with van der Waals surface area (Å²) in [7, 11) is 0. The third kappa shape index (κ3) is 3.77. The second-order valence-electron chi connectivity index (χ2n) is 6.56. The lowest BCUT2D eigenvalue weighted by Crippen LogP contribution is -2.29. The number of carbonyl (C=O) groups is 1. The molecule has 3 rings (SSSR count). The van der Waals surface area contributed by atoms with E-state index < -0.39 is 0 Å². The number of hydrogen-bond acceptors (Lipinski definition) is 4. The van der Waals surface area contributed by atoms with Crippen molar-refractivity contribution in [3.63, 3.8) is 0 Å². The maximum absolute atomic E-state index is 12.1. The Bertz CT molecular complexity index is 496. The van der Waals surface area contributed by atoms with Crippen molar-refractivity contribution in [2.24, 2.45) is 11.7 Å². The molecule has 2 atom stereocenters. The number of rotatable bonds is 4. The summed E-state index contributed by atoms with van der Waals surface area (Å²) < 4.78 is 0. The highest BCUT2D eigenvalue weighted by Crippen LogP contribution is 2.27. The molecule has 0 bridgehead atoms. The Morgan fingerprint density at radius 1 is 1.23 bits per heavy atom. The highest BCUT2D eigenvalue weighted by atomic mass is 16.1. The van der Waals surface area contributed by atoms with Crippen LogP contribution in [0.2, 0.25) is 0 Å². The summed E-state index contributed by atoms with van der Waals surface area (Å²) in [5.41, 5.74) is 7.17. The lowest BCUT2D eigenvalue weighted by atomic mass is 10.00. The molecular weight excluding hydrogens is 276 g/mol. The van der Waals surface area contributed by atoms with Crippen molar-refractivity contribution in [2.45, 2.75) is 51.0 Å². The number of nitrogens with zero attached hydrogens (tertiary/aromatic N) is 2. The zero-order chi connectivity index (χ0) is 15.4. The van der Waals surface area contributed by atoms with Crippen LogP contribution in [-0.4, -0.2) is 30.0 Å². The summed E-state index contributed by atoms with van der Waals surface area (Å²) in [5, 5.41) is 2.90. The average Bonchev–Trinajstić information content (AvgIpc) is 2.94. The first-order chi connectivity index (χ1) is 10.7. The molecule has 3 N–H and O–H groups in total. The van der Waals surface area contributed by atoms with E-state index in [-0.39, 0.29) is 11.9 Å². The van der Waals surface area contributed by atoms with Gasteiger partial charge in [-0.2, -0.15) is 0 Å². The minimum Gasteiger partial charge on any atom is -0.370 e. The number of aromatic nitrogens is 1. The van der Waals surface area contributed by atoms with Gasteiger partial charge in [0.05, 0.1) is 11.9 Å².